The molecular weight excluding hydrogens is 268 g/mol. The number of aliphatic carboxylic acids is 1. The van der Waals surface area contributed by atoms with Crippen LogP contribution in [-0.2, 0) is 9.59 Å². The van der Waals surface area contributed by atoms with Crippen molar-refractivity contribution in [1.29, 1.82) is 0 Å². The number of likely N-dealkylation sites (tertiary alicyclic amines) is 1. The normalized spacial score (nSPS) is 30.6. The van der Waals surface area contributed by atoms with Gasteiger partial charge >= 0.3 is 5.97 Å². The van der Waals surface area contributed by atoms with Crippen molar-refractivity contribution in [2.75, 3.05) is 6.54 Å². The fourth-order valence-electron chi connectivity index (χ4n) is 4.09. The van der Waals surface area contributed by atoms with E-state index in [1.54, 1.807) is 4.90 Å². The Morgan fingerprint density at radius 1 is 1.24 bits per heavy atom. The molecule has 1 saturated heterocycles. The minimum atomic E-state index is -0.861. The summed E-state index contributed by atoms with van der Waals surface area (Å²) in [5, 5.41) is 9.51. The van der Waals surface area contributed by atoms with Crippen molar-refractivity contribution in [3.05, 3.63) is 0 Å². The molecule has 1 amide bonds. The van der Waals surface area contributed by atoms with E-state index in [0.717, 1.165) is 38.5 Å². The number of carbonyl (C=O) groups is 2. The van der Waals surface area contributed by atoms with Gasteiger partial charge in [0, 0.05) is 12.6 Å². The van der Waals surface area contributed by atoms with E-state index in [0.29, 0.717) is 18.9 Å². The molecule has 1 aliphatic carbocycles. The van der Waals surface area contributed by atoms with Gasteiger partial charge in [-0.25, -0.2) is 4.79 Å². The number of hydrogen-bond acceptors (Lipinski definition) is 3. The lowest BCUT2D eigenvalue weighted by atomic mass is 9.75. The Labute approximate surface area is 126 Å². The van der Waals surface area contributed by atoms with Crippen molar-refractivity contribution < 1.29 is 14.7 Å². The lowest BCUT2D eigenvalue weighted by molar-refractivity contribution is -0.160. The molecule has 2 rings (SSSR count). The van der Waals surface area contributed by atoms with Gasteiger partial charge in [0.05, 0.1) is 5.92 Å². The first-order chi connectivity index (χ1) is 10.1. The standard InChI is InChI=1S/C16H28N2O3/c1-2-5-12(10-17)15(19)18-13-7-4-3-6-11(13)8-9-14(18)16(20)21/h11-14H,2-10,17H2,1H3,(H,20,21). The molecule has 1 aliphatic heterocycles. The number of carboxylic acids is 1. The van der Waals surface area contributed by atoms with E-state index >= 15 is 0 Å². The Bertz CT molecular complexity index is 386. The average Bonchev–Trinajstić information content (AvgIpc) is 2.50. The van der Waals surface area contributed by atoms with Crippen molar-refractivity contribution in [3.8, 4) is 0 Å². The fourth-order valence-corrected chi connectivity index (χ4v) is 4.09. The molecule has 4 atom stereocenters. The minimum Gasteiger partial charge on any atom is -0.480 e. The molecule has 2 aliphatic rings. The molecule has 0 aromatic heterocycles. The first-order valence-corrected chi connectivity index (χ1v) is 8.35. The smallest absolute Gasteiger partial charge is 0.326 e. The van der Waals surface area contributed by atoms with Gasteiger partial charge in [0.2, 0.25) is 5.91 Å². The lowest BCUT2D eigenvalue weighted by Crippen LogP contribution is -2.59. The van der Waals surface area contributed by atoms with Gasteiger partial charge in [-0.2, -0.15) is 0 Å². The molecule has 4 unspecified atom stereocenters. The van der Waals surface area contributed by atoms with Crippen LogP contribution in [0.25, 0.3) is 0 Å². The highest BCUT2D eigenvalue weighted by atomic mass is 16.4. The Kier molecular flexibility index (Phi) is 5.62. The fraction of sp³-hybridized carbons (Fsp3) is 0.875. The number of carboxylic acid groups (broad SMARTS) is 1. The Hall–Kier alpha value is -1.10. The monoisotopic (exact) mass is 296 g/mol. The molecule has 21 heavy (non-hydrogen) atoms. The summed E-state index contributed by atoms with van der Waals surface area (Å²) in [4.78, 5) is 26.2. The third-order valence-corrected chi connectivity index (χ3v) is 5.18. The van der Waals surface area contributed by atoms with E-state index in [2.05, 4.69) is 0 Å². The molecule has 1 heterocycles. The second kappa shape index (κ2) is 7.25. The minimum absolute atomic E-state index is 0.0247. The molecule has 0 bridgehead atoms. The molecule has 0 radical (unpaired) electrons. The largest absolute Gasteiger partial charge is 0.480 e. The first kappa shape index (κ1) is 16.3. The molecule has 3 N–H and O–H groups in total. The van der Waals surface area contributed by atoms with Crippen LogP contribution in [-0.4, -0.2) is 40.5 Å². The van der Waals surface area contributed by atoms with Crippen LogP contribution in [0.15, 0.2) is 0 Å². The summed E-state index contributed by atoms with van der Waals surface area (Å²) < 4.78 is 0. The van der Waals surface area contributed by atoms with Crippen LogP contribution in [0.4, 0.5) is 0 Å². The number of hydrogen-bond donors (Lipinski definition) is 2. The maximum atomic E-state index is 12.9. The molecule has 5 nitrogen and oxygen atoms in total. The number of nitrogens with zero attached hydrogens (tertiary/aromatic N) is 1. The molecule has 2 fully saturated rings. The van der Waals surface area contributed by atoms with Crippen molar-refractivity contribution in [2.45, 2.75) is 70.4 Å². The molecule has 120 valence electrons. The number of fused-ring (bicyclic) bond motifs is 1. The molecule has 0 spiro atoms. The van der Waals surface area contributed by atoms with E-state index in [1.165, 1.54) is 6.42 Å². The number of piperidine rings is 1. The van der Waals surface area contributed by atoms with E-state index in [1.807, 2.05) is 6.92 Å². The van der Waals surface area contributed by atoms with Crippen LogP contribution < -0.4 is 5.73 Å². The number of rotatable bonds is 5. The summed E-state index contributed by atoms with van der Waals surface area (Å²) in [6, 6.07) is -0.533. The van der Waals surface area contributed by atoms with Crippen LogP contribution in [0.5, 0.6) is 0 Å². The van der Waals surface area contributed by atoms with E-state index in [4.69, 9.17) is 5.73 Å². The number of amides is 1. The van der Waals surface area contributed by atoms with E-state index < -0.39 is 12.0 Å². The van der Waals surface area contributed by atoms with Gasteiger partial charge in [0.15, 0.2) is 0 Å². The highest BCUT2D eigenvalue weighted by Gasteiger charge is 2.44. The maximum Gasteiger partial charge on any atom is 0.326 e. The second-order valence-electron chi connectivity index (χ2n) is 6.51. The van der Waals surface area contributed by atoms with Gasteiger partial charge in [0.1, 0.15) is 6.04 Å². The summed E-state index contributed by atoms with van der Waals surface area (Å²) in [7, 11) is 0. The summed E-state index contributed by atoms with van der Waals surface area (Å²) in [5.74, 6) is -0.626. The number of carbonyl (C=O) groups excluding carboxylic acids is 1. The van der Waals surface area contributed by atoms with Crippen LogP contribution >= 0.6 is 0 Å². The van der Waals surface area contributed by atoms with Gasteiger partial charge in [-0.05, 0) is 38.0 Å². The van der Waals surface area contributed by atoms with Crippen molar-refractivity contribution in [3.63, 3.8) is 0 Å². The predicted octanol–water partition coefficient (Wildman–Crippen LogP) is 2.00. The topological polar surface area (TPSA) is 83.6 Å². The van der Waals surface area contributed by atoms with Crippen molar-refractivity contribution in [1.82, 2.24) is 4.90 Å². The zero-order valence-electron chi connectivity index (χ0n) is 13.0. The van der Waals surface area contributed by atoms with E-state index in [-0.39, 0.29) is 17.9 Å². The molecule has 0 aromatic carbocycles. The summed E-state index contributed by atoms with van der Waals surface area (Å²) >= 11 is 0. The zero-order chi connectivity index (χ0) is 15.4. The molecule has 1 saturated carbocycles. The highest BCUT2D eigenvalue weighted by molar-refractivity contribution is 5.85. The van der Waals surface area contributed by atoms with Gasteiger partial charge in [0.25, 0.3) is 0 Å². The average molecular weight is 296 g/mol. The number of nitrogens with two attached hydrogens (primary N) is 1. The van der Waals surface area contributed by atoms with Gasteiger partial charge < -0.3 is 15.7 Å². The van der Waals surface area contributed by atoms with Gasteiger partial charge in [-0.1, -0.05) is 26.2 Å². The Morgan fingerprint density at radius 2 is 1.95 bits per heavy atom. The Morgan fingerprint density at radius 3 is 2.57 bits per heavy atom. The highest BCUT2D eigenvalue weighted by Crippen LogP contribution is 2.38. The van der Waals surface area contributed by atoms with Crippen LogP contribution in [0.3, 0.4) is 0 Å². The predicted molar refractivity (Wildman–Crippen MR) is 80.7 cm³/mol. The summed E-state index contributed by atoms with van der Waals surface area (Å²) in [6.45, 7) is 2.34. The Balaban J connectivity index is 2.23. The third-order valence-electron chi connectivity index (χ3n) is 5.18. The maximum absolute atomic E-state index is 12.9. The van der Waals surface area contributed by atoms with Crippen molar-refractivity contribution >= 4 is 11.9 Å². The molecule has 0 aromatic rings. The first-order valence-electron chi connectivity index (χ1n) is 8.35. The van der Waals surface area contributed by atoms with Crippen molar-refractivity contribution in [2.24, 2.45) is 17.6 Å². The molecular formula is C16H28N2O3. The van der Waals surface area contributed by atoms with Gasteiger partial charge in [-0.15, -0.1) is 0 Å². The second-order valence-corrected chi connectivity index (χ2v) is 6.51. The van der Waals surface area contributed by atoms with Crippen LogP contribution in [0.2, 0.25) is 0 Å². The summed E-state index contributed by atoms with van der Waals surface area (Å²) in [6.07, 6.45) is 7.54. The lowest BCUT2D eigenvalue weighted by Gasteiger charge is -2.48. The SMILES string of the molecule is CCCC(CN)C(=O)N1C(C(=O)O)CCC2CCCCC21. The quantitative estimate of drug-likeness (QED) is 0.812. The van der Waals surface area contributed by atoms with E-state index in [9.17, 15) is 14.7 Å². The zero-order valence-corrected chi connectivity index (χ0v) is 13.0. The van der Waals surface area contributed by atoms with Gasteiger partial charge in [-0.3, -0.25) is 4.79 Å². The third kappa shape index (κ3) is 3.39. The molecule has 5 heteroatoms. The van der Waals surface area contributed by atoms with Crippen LogP contribution in [0, 0.1) is 11.8 Å². The van der Waals surface area contributed by atoms with Crippen LogP contribution in [0.1, 0.15) is 58.3 Å². The summed E-state index contributed by atoms with van der Waals surface area (Å²) in [5.41, 5.74) is 5.76.